The zero-order chi connectivity index (χ0) is 18.0. The van der Waals surface area contributed by atoms with Crippen molar-refractivity contribution in [2.24, 2.45) is 0 Å². The molecule has 1 atom stereocenters. The van der Waals surface area contributed by atoms with E-state index in [1.165, 1.54) is 16.9 Å². The van der Waals surface area contributed by atoms with E-state index in [0.29, 0.717) is 43.1 Å². The lowest BCUT2D eigenvalue weighted by molar-refractivity contribution is -0.143. The summed E-state index contributed by atoms with van der Waals surface area (Å²) >= 11 is 0. The van der Waals surface area contributed by atoms with Gasteiger partial charge in [0.05, 0.1) is 12.8 Å². The van der Waals surface area contributed by atoms with Crippen LogP contribution in [0.3, 0.4) is 0 Å². The third-order valence-electron chi connectivity index (χ3n) is 4.62. The van der Waals surface area contributed by atoms with Crippen molar-refractivity contribution in [3.05, 3.63) is 23.8 Å². The monoisotopic (exact) mass is 347 g/mol. The van der Waals surface area contributed by atoms with E-state index < -0.39 is 12.0 Å². The van der Waals surface area contributed by atoms with E-state index in [9.17, 15) is 19.5 Å². The number of ether oxygens (including phenoxy) is 1. The Bertz CT molecular complexity index is 706. The number of carboxylic acid groups (broad SMARTS) is 1. The van der Waals surface area contributed by atoms with Crippen molar-refractivity contribution in [2.45, 2.75) is 25.3 Å². The summed E-state index contributed by atoms with van der Waals surface area (Å²) < 4.78 is 5.30. The van der Waals surface area contributed by atoms with Crippen LogP contribution in [-0.4, -0.2) is 60.7 Å². The average molecular weight is 347 g/mol. The second-order valence-corrected chi connectivity index (χ2v) is 6.12. The van der Waals surface area contributed by atoms with Crippen molar-refractivity contribution in [1.82, 2.24) is 10.2 Å². The Labute approximate surface area is 145 Å². The average Bonchev–Trinajstić information content (AvgIpc) is 3.06. The maximum absolute atomic E-state index is 12.9. The van der Waals surface area contributed by atoms with Gasteiger partial charge in [0.1, 0.15) is 11.8 Å². The molecule has 2 aliphatic rings. The van der Waals surface area contributed by atoms with Gasteiger partial charge in [0.15, 0.2) is 0 Å². The Kier molecular flexibility index (Phi) is 4.78. The Hall–Kier alpha value is -2.77. The molecule has 8 nitrogen and oxygen atoms in total. The van der Waals surface area contributed by atoms with Crippen LogP contribution in [0.5, 0.6) is 5.75 Å². The Morgan fingerprint density at radius 1 is 1.28 bits per heavy atom. The highest BCUT2D eigenvalue weighted by molar-refractivity contribution is 6.01. The number of aliphatic carboxylic acids is 1. The van der Waals surface area contributed by atoms with Crippen LogP contribution in [0.1, 0.15) is 29.6 Å². The number of likely N-dealkylation sites (tertiary alicyclic amines) is 1. The molecule has 1 aromatic rings. The first-order valence-corrected chi connectivity index (χ1v) is 8.30. The number of hydrogen-bond acceptors (Lipinski definition) is 4. The highest BCUT2D eigenvalue weighted by Gasteiger charge is 2.33. The number of benzene rings is 1. The van der Waals surface area contributed by atoms with Crippen molar-refractivity contribution in [3.63, 3.8) is 0 Å². The minimum Gasteiger partial charge on any atom is -0.495 e. The molecule has 0 unspecified atom stereocenters. The molecule has 2 N–H and O–H groups in total. The van der Waals surface area contributed by atoms with Crippen LogP contribution in [0.15, 0.2) is 18.2 Å². The number of hydrogen-bond donors (Lipinski definition) is 2. The van der Waals surface area contributed by atoms with E-state index >= 15 is 0 Å². The maximum Gasteiger partial charge on any atom is 0.326 e. The molecule has 0 bridgehead atoms. The number of carboxylic acids is 1. The topological polar surface area (TPSA) is 99.2 Å². The Morgan fingerprint density at radius 2 is 2.08 bits per heavy atom. The number of urea groups is 1. The number of nitrogens with zero attached hydrogens (tertiary/aromatic N) is 2. The molecule has 2 heterocycles. The van der Waals surface area contributed by atoms with Gasteiger partial charge in [-0.3, -0.25) is 9.69 Å². The van der Waals surface area contributed by atoms with E-state index in [0.717, 1.165) is 12.8 Å². The number of nitrogens with one attached hydrogen (secondary N) is 1. The van der Waals surface area contributed by atoms with E-state index in [4.69, 9.17) is 4.74 Å². The van der Waals surface area contributed by atoms with Crippen LogP contribution in [0.2, 0.25) is 0 Å². The third-order valence-corrected chi connectivity index (χ3v) is 4.62. The predicted molar refractivity (Wildman–Crippen MR) is 90.1 cm³/mol. The van der Waals surface area contributed by atoms with E-state index in [2.05, 4.69) is 5.32 Å². The normalized spacial score (nSPS) is 20.4. The van der Waals surface area contributed by atoms with Gasteiger partial charge in [0.25, 0.3) is 5.91 Å². The van der Waals surface area contributed by atoms with Crippen LogP contribution in [0, 0.1) is 0 Å². The van der Waals surface area contributed by atoms with Gasteiger partial charge in [-0.2, -0.15) is 0 Å². The summed E-state index contributed by atoms with van der Waals surface area (Å²) in [6.45, 7) is 1.42. The molecule has 134 valence electrons. The van der Waals surface area contributed by atoms with Gasteiger partial charge in [0, 0.05) is 25.2 Å². The summed E-state index contributed by atoms with van der Waals surface area (Å²) in [7, 11) is 1.50. The van der Waals surface area contributed by atoms with Crippen molar-refractivity contribution in [1.29, 1.82) is 0 Å². The van der Waals surface area contributed by atoms with Gasteiger partial charge >= 0.3 is 12.0 Å². The lowest BCUT2D eigenvalue weighted by Crippen LogP contribution is -2.48. The summed E-state index contributed by atoms with van der Waals surface area (Å²) in [5, 5.41) is 12.1. The SMILES string of the molecule is COc1ccc(C(=O)N2CCCC[C@@H]2C(=O)O)cc1N1CCNC1=O. The number of amides is 3. The number of methoxy groups -OCH3 is 1. The smallest absolute Gasteiger partial charge is 0.326 e. The van der Waals surface area contributed by atoms with Gasteiger partial charge in [0.2, 0.25) is 0 Å². The summed E-state index contributed by atoms with van der Waals surface area (Å²) in [6.07, 6.45) is 2.04. The van der Waals surface area contributed by atoms with Gasteiger partial charge in [-0.25, -0.2) is 9.59 Å². The van der Waals surface area contributed by atoms with E-state index in [1.807, 2.05) is 0 Å². The number of piperidine rings is 1. The highest BCUT2D eigenvalue weighted by atomic mass is 16.5. The van der Waals surface area contributed by atoms with Crippen molar-refractivity contribution in [2.75, 3.05) is 31.6 Å². The molecule has 2 aliphatic heterocycles. The molecule has 0 saturated carbocycles. The highest BCUT2D eigenvalue weighted by Crippen LogP contribution is 2.31. The lowest BCUT2D eigenvalue weighted by Gasteiger charge is -2.33. The van der Waals surface area contributed by atoms with Gasteiger partial charge in [-0.15, -0.1) is 0 Å². The molecule has 8 heteroatoms. The number of carbonyl (C=O) groups excluding carboxylic acids is 2. The molecule has 3 amide bonds. The number of rotatable bonds is 4. The first-order chi connectivity index (χ1) is 12.0. The fraction of sp³-hybridized carbons (Fsp3) is 0.471. The maximum atomic E-state index is 12.9. The molecule has 25 heavy (non-hydrogen) atoms. The van der Waals surface area contributed by atoms with Crippen LogP contribution >= 0.6 is 0 Å². The quantitative estimate of drug-likeness (QED) is 0.855. The van der Waals surface area contributed by atoms with Crippen LogP contribution in [0.4, 0.5) is 10.5 Å². The molecule has 2 fully saturated rings. The lowest BCUT2D eigenvalue weighted by atomic mass is 10.0. The molecular weight excluding hydrogens is 326 g/mol. The van der Waals surface area contributed by atoms with Crippen LogP contribution in [-0.2, 0) is 4.79 Å². The third kappa shape index (κ3) is 3.24. The van der Waals surface area contributed by atoms with Gasteiger partial charge in [-0.05, 0) is 37.5 Å². The summed E-state index contributed by atoms with van der Waals surface area (Å²) in [4.78, 5) is 39.2. The molecule has 1 aromatic carbocycles. The summed E-state index contributed by atoms with van der Waals surface area (Å²) in [5.74, 6) is -0.835. The molecular formula is C17H21N3O5. The van der Waals surface area contributed by atoms with Gasteiger partial charge < -0.3 is 20.1 Å². The molecule has 0 aromatic heterocycles. The molecule has 0 spiro atoms. The van der Waals surface area contributed by atoms with Crippen LogP contribution < -0.4 is 15.0 Å². The first-order valence-electron chi connectivity index (χ1n) is 8.30. The minimum absolute atomic E-state index is 0.246. The molecule has 0 aliphatic carbocycles. The zero-order valence-electron chi connectivity index (χ0n) is 14.0. The second-order valence-electron chi connectivity index (χ2n) is 6.12. The minimum atomic E-state index is -0.985. The van der Waals surface area contributed by atoms with Gasteiger partial charge in [-0.1, -0.05) is 0 Å². The van der Waals surface area contributed by atoms with E-state index in [1.54, 1.807) is 18.2 Å². The molecule has 3 rings (SSSR count). The first kappa shape index (κ1) is 17.1. The van der Waals surface area contributed by atoms with Crippen LogP contribution in [0.25, 0.3) is 0 Å². The summed E-state index contributed by atoms with van der Waals surface area (Å²) in [5.41, 5.74) is 0.857. The number of anilines is 1. The standard InChI is InChI=1S/C17H21N3O5/c1-25-14-6-5-11(10-13(14)20-9-7-18-17(20)24)15(21)19-8-3-2-4-12(19)16(22)23/h5-6,10,12H,2-4,7-9H2,1H3,(H,18,24)(H,22,23)/t12-/m1/s1. The van der Waals surface area contributed by atoms with Crippen molar-refractivity contribution in [3.8, 4) is 5.75 Å². The molecule has 2 saturated heterocycles. The van der Waals surface area contributed by atoms with Crippen molar-refractivity contribution >= 4 is 23.6 Å². The Morgan fingerprint density at radius 3 is 2.72 bits per heavy atom. The Balaban J connectivity index is 1.92. The zero-order valence-corrected chi connectivity index (χ0v) is 14.0. The fourth-order valence-corrected chi connectivity index (χ4v) is 3.33. The van der Waals surface area contributed by atoms with E-state index in [-0.39, 0.29) is 11.9 Å². The second kappa shape index (κ2) is 7.00. The number of carbonyl (C=O) groups is 3. The summed E-state index contributed by atoms with van der Waals surface area (Å²) in [6, 6.07) is 3.78. The fourth-order valence-electron chi connectivity index (χ4n) is 3.33. The largest absolute Gasteiger partial charge is 0.495 e. The molecule has 0 radical (unpaired) electrons. The predicted octanol–water partition coefficient (Wildman–Crippen LogP) is 1.30. The van der Waals surface area contributed by atoms with Crippen molar-refractivity contribution < 1.29 is 24.2 Å².